The van der Waals surface area contributed by atoms with Gasteiger partial charge in [-0.3, -0.25) is 0 Å². The van der Waals surface area contributed by atoms with E-state index in [-0.39, 0.29) is 5.60 Å². The van der Waals surface area contributed by atoms with Crippen LogP contribution in [0, 0.1) is 5.92 Å². The first kappa shape index (κ1) is 13.1. The molecule has 1 heterocycles. The second kappa shape index (κ2) is 6.52. The highest BCUT2D eigenvalue weighted by Gasteiger charge is 2.32. The molecule has 0 bridgehead atoms. The van der Waals surface area contributed by atoms with Gasteiger partial charge in [0, 0.05) is 37.1 Å². The lowest BCUT2D eigenvalue weighted by molar-refractivity contribution is -0.106. The van der Waals surface area contributed by atoms with E-state index < -0.39 is 0 Å². The zero-order chi connectivity index (χ0) is 11.3. The predicted molar refractivity (Wildman–Crippen MR) is 71.2 cm³/mol. The van der Waals surface area contributed by atoms with E-state index in [0.29, 0.717) is 0 Å². The van der Waals surface area contributed by atoms with Crippen molar-refractivity contribution in [1.82, 2.24) is 0 Å². The maximum Gasteiger partial charge on any atom is 0.0816 e. The molecular formula is C12H21IO3. The summed E-state index contributed by atoms with van der Waals surface area (Å²) in [6, 6.07) is 0. The van der Waals surface area contributed by atoms with E-state index >= 15 is 0 Å². The molecular weight excluding hydrogens is 319 g/mol. The number of hydrogen-bond acceptors (Lipinski definition) is 3. The van der Waals surface area contributed by atoms with E-state index in [0.717, 1.165) is 56.2 Å². The molecule has 0 radical (unpaired) electrons. The molecule has 1 saturated carbocycles. The van der Waals surface area contributed by atoms with Crippen LogP contribution in [0.5, 0.6) is 0 Å². The summed E-state index contributed by atoms with van der Waals surface area (Å²) in [7, 11) is 0. The average Bonchev–Trinajstić information content (AvgIpc) is 3.14. The molecule has 0 amide bonds. The van der Waals surface area contributed by atoms with Crippen LogP contribution in [0.25, 0.3) is 0 Å². The molecule has 4 heteroatoms. The minimum atomic E-state index is 0.0573. The van der Waals surface area contributed by atoms with Crippen molar-refractivity contribution in [3.8, 4) is 0 Å². The summed E-state index contributed by atoms with van der Waals surface area (Å²) >= 11 is 2.42. The van der Waals surface area contributed by atoms with Gasteiger partial charge < -0.3 is 14.2 Å². The van der Waals surface area contributed by atoms with Gasteiger partial charge in [-0.1, -0.05) is 22.6 Å². The van der Waals surface area contributed by atoms with Crippen LogP contribution >= 0.6 is 22.6 Å². The summed E-state index contributed by atoms with van der Waals surface area (Å²) < 4.78 is 18.0. The fraction of sp³-hybridized carbons (Fsp3) is 1.00. The molecule has 0 N–H and O–H groups in total. The molecule has 2 rings (SSSR count). The number of hydrogen-bond donors (Lipinski definition) is 0. The molecule has 0 spiro atoms. The SMILES string of the molecule is ICC1(OCCOCC2CC2)CCOCC1. The first-order chi connectivity index (χ1) is 7.85. The number of ether oxygens (including phenoxy) is 3. The van der Waals surface area contributed by atoms with Gasteiger partial charge in [-0.2, -0.15) is 0 Å². The smallest absolute Gasteiger partial charge is 0.0816 e. The van der Waals surface area contributed by atoms with Gasteiger partial charge >= 0.3 is 0 Å². The first-order valence-electron chi connectivity index (χ1n) is 6.20. The van der Waals surface area contributed by atoms with Gasteiger partial charge in [0.15, 0.2) is 0 Å². The molecule has 1 aliphatic carbocycles. The third kappa shape index (κ3) is 4.13. The Kier molecular flexibility index (Phi) is 5.32. The Balaban J connectivity index is 1.57. The zero-order valence-corrected chi connectivity index (χ0v) is 11.9. The van der Waals surface area contributed by atoms with E-state index in [9.17, 15) is 0 Å². The molecule has 2 aliphatic rings. The van der Waals surface area contributed by atoms with E-state index in [4.69, 9.17) is 14.2 Å². The van der Waals surface area contributed by atoms with Crippen molar-refractivity contribution in [2.45, 2.75) is 31.3 Å². The maximum absolute atomic E-state index is 6.01. The largest absolute Gasteiger partial charge is 0.381 e. The van der Waals surface area contributed by atoms with Crippen LogP contribution in [0.1, 0.15) is 25.7 Å². The van der Waals surface area contributed by atoms with E-state index in [2.05, 4.69) is 22.6 Å². The lowest BCUT2D eigenvalue weighted by Gasteiger charge is -2.35. The fourth-order valence-electron chi connectivity index (χ4n) is 1.91. The summed E-state index contributed by atoms with van der Waals surface area (Å²) in [6.07, 6.45) is 4.77. The first-order valence-corrected chi connectivity index (χ1v) is 7.73. The Morgan fingerprint density at radius 1 is 1.19 bits per heavy atom. The maximum atomic E-state index is 6.01. The van der Waals surface area contributed by atoms with Crippen LogP contribution in [0.3, 0.4) is 0 Å². The second-order valence-electron chi connectivity index (χ2n) is 4.80. The van der Waals surface area contributed by atoms with Crippen molar-refractivity contribution in [3.05, 3.63) is 0 Å². The van der Waals surface area contributed by atoms with E-state index in [1.807, 2.05) is 0 Å². The lowest BCUT2D eigenvalue weighted by atomic mass is 9.97. The number of alkyl halides is 1. The Morgan fingerprint density at radius 2 is 1.94 bits per heavy atom. The van der Waals surface area contributed by atoms with Gasteiger partial charge in [-0.15, -0.1) is 0 Å². The highest BCUT2D eigenvalue weighted by Crippen LogP contribution is 2.29. The third-order valence-electron chi connectivity index (χ3n) is 3.33. The molecule has 1 aliphatic heterocycles. The molecule has 0 atom stereocenters. The minimum absolute atomic E-state index is 0.0573. The standard InChI is InChI=1S/C12H21IO3/c13-10-12(3-5-14-6-4-12)16-8-7-15-9-11-1-2-11/h11H,1-10H2. The predicted octanol–water partition coefficient (Wildman–Crippen LogP) is 2.41. The molecule has 3 nitrogen and oxygen atoms in total. The van der Waals surface area contributed by atoms with Gasteiger partial charge in [0.1, 0.15) is 0 Å². The van der Waals surface area contributed by atoms with Crippen LogP contribution in [-0.2, 0) is 14.2 Å². The highest BCUT2D eigenvalue weighted by atomic mass is 127. The molecule has 0 aromatic rings. The minimum Gasteiger partial charge on any atom is -0.381 e. The molecule has 1 saturated heterocycles. The molecule has 16 heavy (non-hydrogen) atoms. The Hall–Kier alpha value is 0.610. The molecule has 94 valence electrons. The summed E-state index contributed by atoms with van der Waals surface area (Å²) in [4.78, 5) is 0. The Morgan fingerprint density at radius 3 is 2.56 bits per heavy atom. The monoisotopic (exact) mass is 340 g/mol. The quantitative estimate of drug-likeness (QED) is 0.405. The molecule has 0 aromatic heterocycles. The fourth-order valence-corrected chi connectivity index (χ4v) is 2.89. The van der Waals surface area contributed by atoms with Crippen LogP contribution in [0.4, 0.5) is 0 Å². The number of rotatable bonds is 7. The van der Waals surface area contributed by atoms with Crippen LogP contribution in [-0.4, -0.2) is 43.1 Å². The van der Waals surface area contributed by atoms with E-state index in [1.165, 1.54) is 12.8 Å². The summed E-state index contributed by atoms with van der Waals surface area (Å²) in [5.74, 6) is 0.849. The number of halogens is 1. The molecule has 0 aromatic carbocycles. The van der Waals surface area contributed by atoms with Crippen molar-refractivity contribution in [2.75, 3.05) is 37.5 Å². The van der Waals surface area contributed by atoms with Gasteiger partial charge in [0.2, 0.25) is 0 Å². The average molecular weight is 340 g/mol. The van der Waals surface area contributed by atoms with Gasteiger partial charge in [-0.05, 0) is 18.8 Å². The summed E-state index contributed by atoms with van der Waals surface area (Å²) in [5, 5.41) is 0. The van der Waals surface area contributed by atoms with Crippen molar-refractivity contribution in [2.24, 2.45) is 5.92 Å². The Bertz CT molecular complexity index is 200. The molecule has 0 unspecified atom stereocenters. The van der Waals surface area contributed by atoms with Crippen molar-refractivity contribution >= 4 is 22.6 Å². The van der Waals surface area contributed by atoms with Crippen molar-refractivity contribution < 1.29 is 14.2 Å². The van der Waals surface area contributed by atoms with Gasteiger partial charge in [-0.25, -0.2) is 0 Å². The third-order valence-corrected chi connectivity index (χ3v) is 4.72. The zero-order valence-electron chi connectivity index (χ0n) is 9.75. The van der Waals surface area contributed by atoms with Crippen LogP contribution < -0.4 is 0 Å². The second-order valence-corrected chi connectivity index (χ2v) is 5.56. The van der Waals surface area contributed by atoms with Crippen molar-refractivity contribution in [3.63, 3.8) is 0 Å². The topological polar surface area (TPSA) is 27.7 Å². The normalized spacial score (nSPS) is 24.6. The summed E-state index contributed by atoms with van der Waals surface area (Å²) in [5.41, 5.74) is 0.0573. The lowest BCUT2D eigenvalue weighted by Crippen LogP contribution is -2.41. The van der Waals surface area contributed by atoms with Crippen molar-refractivity contribution in [1.29, 1.82) is 0 Å². The van der Waals surface area contributed by atoms with Gasteiger partial charge in [0.05, 0.1) is 18.8 Å². The van der Waals surface area contributed by atoms with Crippen LogP contribution in [0.15, 0.2) is 0 Å². The summed E-state index contributed by atoms with van der Waals surface area (Å²) in [6.45, 7) is 4.09. The molecule has 2 fully saturated rings. The van der Waals surface area contributed by atoms with Crippen LogP contribution in [0.2, 0.25) is 0 Å². The Labute approximate surface area is 111 Å². The highest BCUT2D eigenvalue weighted by molar-refractivity contribution is 14.1. The van der Waals surface area contributed by atoms with E-state index in [1.54, 1.807) is 0 Å². The van der Waals surface area contributed by atoms with Gasteiger partial charge in [0.25, 0.3) is 0 Å².